The molecule has 8 heavy (non-hydrogen) atoms. The van der Waals surface area contributed by atoms with Crippen LogP contribution in [0.25, 0.3) is 0 Å². The molecule has 1 radical (unpaired) electrons. The molecular weight excluding hydrogens is 128 g/mol. The van der Waals surface area contributed by atoms with Crippen molar-refractivity contribution in [3.63, 3.8) is 0 Å². The normalized spacial score (nSPS) is 11.1. The van der Waals surface area contributed by atoms with Gasteiger partial charge in [-0.2, -0.15) is 8.42 Å². The topological polar surface area (TPSA) is 54.4 Å². The maximum Gasteiger partial charge on any atom is 0.265 e. The molecule has 0 saturated carbocycles. The largest absolute Gasteiger partial charge is 0.286 e. The van der Waals surface area contributed by atoms with Gasteiger partial charge in [-0.25, -0.2) is 0 Å². The van der Waals surface area contributed by atoms with Crippen LogP contribution in [0.1, 0.15) is 6.42 Å². The van der Waals surface area contributed by atoms with E-state index in [1.807, 2.05) is 0 Å². The second-order valence-corrected chi connectivity index (χ2v) is 2.88. The van der Waals surface area contributed by atoms with E-state index in [4.69, 9.17) is 11.1 Å². The molecule has 1 N–H and O–H groups in total. The van der Waals surface area contributed by atoms with E-state index in [9.17, 15) is 8.42 Å². The molecule has 3 nitrogen and oxygen atoms in total. The molecule has 0 bridgehead atoms. The fourth-order valence-electron chi connectivity index (χ4n) is 0.217. The van der Waals surface area contributed by atoms with E-state index in [1.165, 1.54) is 6.08 Å². The Morgan fingerprint density at radius 2 is 2.12 bits per heavy atom. The third kappa shape index (κ3) is 5.65. The summed E-state index contributed by atoms with van der Waals surface area (Å²) in [6.45, 7) is 4.84. The lowest BCUT2D eigenvalue weighted by Gasteiger charge is -1.87. The van der Waals surface area contributed by atoms with Crippen molar-refractivity contribution in [2.24, 2.45) is 0 Å². The molecule has 0 aromatic heterocycles. The van der Waals surface area contributed by atoms with Gasteiger partial charge in [0, 0.05) is 0 Å². The van der Waals surface area contributed by atoms with Crippen LogP contribution in [0, 0.1) is 6.58 Å². The molecule has 0 aliphatic rings. The lowest BCUT2D eigenvalue weighted by molar-refractivity contribution is 0.483. The van der Waals surface area contributed by atoms with Crippen LogP contribution in [0.3, 0.4) is 0 Å². The van der Waals surface area contributed by atoms with Crippen molar-refractivity contribution in [3.8, 4) is 0 Å². The van der Waals surface area contributed by atoms with Crippen molar-refractivity contribution < 1.29 is 13.0 Å². The Labute approximate surface area is 48.8 Å². The molecule has 0 aromatic rings. The van der Waals surface area contributed by atoms with Gasteiger partial charge in [-0.1, -0.05) is 12.7 Å². The van der Waals surface area contributed by atoms with Gasteiger partial charge in [-0.05, 0) is 6.42 Å². The molecule has 0 amide bonds. The van der Waals surface area contributed by atoms with Crippen LogP contribution in [-0.4, -0.2) is 18.7 Å². The summed E-state index contributed by atoms with van der Waals surface area (Å²) in [5.41, 5.74) is 0. The minimum Gasteiger partial charge on any atom is -0.286 e. The van der Waals surface area contributed by atoms with Crippen molar-refractivity contribution in [2.75, 3.05) is 5.75 Å². The van der Waals surface area contributed by atoms with Gasteiger partial charge in [0.15, 0.2) is 0 Å². The minimum absolute atomic E-state index is 0.193. The van der Waals surface area contributed by atoms with Gasteiger partial charge in [-0.15, -0.1) is 0 Å². The summed E-state index contributed by atoms with van der Waals surface area (Å²) in [4.78, 5) is 0. The molecule has 0 unspecified atom stereocenters. The lowest BCUT2D eigenvalue weighted by Crippen LogP contribution is -2.01. The van der Waals surface area contributed by atoms with Gasteiger partial charge in [0.2, 0.25) is 0 Å². The van der Waals surface area contributed by atoms with Gasteiger partial charge < -0.3 is 0 Å². The van der Waals surface area contributed by atoms with Crippen molar-refractivity contribution >= 4 is 10.1 Å². The SMILES string of the molecule is [CH]=CCCS(=O)(=O)O. The predicted octanol–water partition coefficient (Wildman–Crippen LogP) is 0.253. The van der Waals surface area contributed by atoms with E-state index < -0.39 is 10.1 Å². The van der Waals surface area contributed by atoms with Gasteiger partial charge in [0.25, 0.3) is 10.1 Å². The maximum absolute atomic E-state index is 9.87. The quantitative estimate of drug-likeness (QED) is 0.564. The monoisotopic (exact) mass is 135 g/mol. The standard InChI is InChI=1S/C4H7O3S/c1-2-3-4-8(5,6)7/h1-2H,3-4H2,(H,5,6,7). The third-order valence-electron chi connectivity index (χ3n) is 0.542. The maximum atomic E-state index is 9.87. The van der Waals surface area contributed by atoms with E-state index in [0.717, 1.165) is 0 Å². The highest BCUT2D eigenvalue weighted by Gasteiger charge is 1.99. The van der Waals surface area contributed by atoms with Gasteiger partial charge in [0.05, 0.1) is 5.75 Å². The van der Waals surface area contributed by atoms with Crippen LogP contribution in [0.5, 0.6) is 0 Å². The second-order valence-electron chi connectivity index (χ2n) is 1.31. The third-order valence-corrected chi connectivity index (χ3v) is 1.29. The highest BCUT2D eigenvalue weighted by Crippen LogP contribution is 1.86. The van der Waals surface area contributed by atoms with E-state index >= 15 is 0 Å². The molecule has 0 rings (SSSR count). The Bertz CT molecular complexity index is 156. The summed E-state index contributed by atoms with van der Waals surface area (Å²) in [7, 11) is -3.80. The summed E-state index contributed by atoms with van der Waals surface area (Å²) in [6.07, 6.45) is 1.38. The van der Waals surface area contributed by atoms with Crippen molar-refractivity contribution in [2.45, 2.75) is 6.42 Å². The summed E-state index contributed by atoms with van der Waals surface area (Å²) in [6, 6.07) is 0. The molecule has 0 aliphatic carbocycles. The Hall–Kier alpha value is -0.350. The van der Waals surface area contributed by atoms with Crippen LogP contribution < -0.4 is 0 Å². The summed E-state index contributed by atoms with van der Waals surface area (Å²) in [5.74, 6) is -0.288. The van der Waals surface area contributed by atoms with E-state index in [2.05, 4.69) is 0 Å². The molecule has 0 atom stereocenters. The summed E-state index contributed by atoms with van der Waals surface area (Å²) in [5, 5.41) is 0. The number of allylic oxidation sites excluding steroid dienone is 1. The minimum atomic E-state index is -3.80. The average molecular weight is 135 g/mol. The first-order valence-electron chi connectivity index (χ1n) is 2.05. The number of rotatable bonds is 3. The summed E-state index contributed by atoms with van der Waals surface area (Å²) >= 11 is 0. The van der Waals surface area contributed by atoms with Crippen molar-refractivity contribution in [1.29, 1.82) is 0 Å². The Balaban J connectivity index is 3.57. The van der Waals surface area contributed by atoms with Crippen LogP contribution in [0.15, 0.2) is 6.08 Å². The lowest BCUT2D eigenvalue weighted by atomic mass is 10.5. The molecule has 0 fully saturated rings. The Kier molecular flexibility index (Phi) is 2.71. The number of hydrogen-bond donors (Lipinski definition) is 1. The predicted molar refractivity (Wildman–Crippen MR) is 29.9 cm³/mol. The fraction of sp³-hybridized carbons (Fsp3) is 0.500. The molecule has 0 heterocycles. The van der Waals surface area contributed by atoms with E-state index in [0.29, 0.717) is 0 Å². The van der Waals surface area contributed by atoms with Gasteiger partial charge in [-0.3, -0.25) is 4.55 Å². The number of hydrogen-bond acceptors (Lipinski definition) is 2. The van der Waals surface area contributed by atoms with Crippen LogP contribution in [0.2, 0.25) is 0 Å². The second kappa shape index (κ2) is 2.84. The first-order valence-corrected chi connectivity index (χ1v) is 3.66. The van der Waals surface area contributed by atoms with E-state index in [1.54, 1.807) is 0 Å². The molecule has 0 aliphatic heterocycles. The molecular formula is C4H7O3S. The van der Waals surface area contributed by atoms with Crippen molar-refractivity contribution in [3.05, 3.63) is 12.7 Å². The Morgan fingerprint density at radius 1 is 1.62 bits per heavy atom. The molecule has 4 heteroatoms. The van der Waals surface area contributed by atoms with Crippen LogP contribution >= 0.6 is 0 Å². The first kappa shape index (κ1) is 7.65. The van der Waals surface area contributed by atoms with E-state index in [-0.39, 0.29) is 12.2 Å². The fourth-order valence-corrected chi connectivity index (χ4v) is 0.651. The average Bonchev–Trinajstić information content (AvgIpc) is 1.59. The smallest absolute Gasteiger partial charge is 0.265 e. The zero-order chi connectivity index (χ0) is 6.62. The highest BCUT2D eigenvalue weighted by molar-refractivity contribution is 7.85. The summed E-state index contributed by atoms with van der Waals surface area (Å²) < 4.78 is 27.8. The zero-order valence-electron chi connectivity index (χ0n) is 4.24. The Morgan fingerprint density at radius 3 is 2.25 bits per heavy atom. The molecule has 0 aromatic carbocycles. The molecule has 0 spiro atoms. The van der Waals surface area contributed by atoms with Crippen LogP contribution in [0.4, 0.5) is 0 Å². The zero-order valence-corrected chi connectivity index (χ0v) is 5.06. The van der Waals surface area contributed by atoms with Gasteiger partial charge in [0.1, 0.15) is 0 Å². The highest BCUT2D eigenvalue weighted by atomic mass is 32.2. The molecule has 0 saturated heterocycles. The van der Waals surface area contributed by atoms with Crippen molar-refractivity contribution in [1.82, 2.24) is 0 Å². The molecule has 47 valence electrons. The first-order chi connectivity index (χ1) is 3.56. The van der Waals surface area contributed by atoms with Gasteiger partial charge >= 0.3 is 0 Å². The van der Waals surface area contributed by atoms with Crippen LogP contribution in [-0.2, 0) is 10.1 Å².